The number of carbonyl (C=O) groups is 1. The van der Waals surface area contributed by atoms with E-state index in [4.69, 9.17) is 5.26 Å². The molecular weight excluding hydrogens is 180 g/mol. The molecule has 72 valence electrons. The summed E-state index contributed by atoms with van der Waals surface area (Å²) in [5.74, 6) is -0.636. The average molecular weight is 188 g/mol. The van der Waals surface area contributed by atoms with Crippen molar-refractivity contribution in [1.29, 1.82) is 5.26 Å². The van der Waals surface area contributed by atoms with Gasteiger partial charge < -0.3 is 9.57 Å². The Bertz CT molecular complexity index is 222. The standard InChI is InChI=1S/C6H8N2O5/c7-3-2-6(9)12-4-1-5-13-8(10)11/h1-2,4-5H2. The van der Waals surface area contributed by atoms with Gasteiger partial charge >= 0.3 is 5.97 Å². The van der Waals surface area contributed by atoms with Crippen molar-refractivity contribution in [3.05, 3.63) is 10.1 Å². The highest BCUT2D eigenvalue weighted by Gasteiger charge is 2.00. The molecule has 0 aromatic rings. The lowest BCUT2D eigenvalue weighted by atomic mass is 10.4. The fraction of sp³-hybridized carbons (Fsp3) is 0.667. The molecule has 0 heterocycles. The third kappa shape index (κ3) is 8.06. The van der Waals surface area contributed by atoms with Crippen molar-refractivity contribution in [3.63, 3.8) is 0 Å². The topological polar surface area (TPSA) is 102 Å². The Morgan fingerprint density at radius 3 is 2.77 bits per heavy atom. The molecule has 0 N–H and O–H groups in total. The number of esters is 1. The third-order valence-electron chi connectivity index (χ3n) is 0.972. The minimum atomic E-state index is -0.920. The van der Waals surface area contributed by atoms with Gasteiger partial charge in [-0.25, -0.2) is 0 Å². The summed E-state index contributed by atoms with van der Waals surface area (Å²) in [5.41, 5.74) is 0. The first-order valence-electron chi connectivity index (χ1n) is 3.46. The number of rotatable bonds is 6. The maximum absolute atomic E-state index is 10.5. The Labute approximate surface area is 74.0 Å². The molecule has 0 fully saturated rings. The van der Waals surface area contributed by atoms with E-state index in [1.807, 2.05) is 0 Å². The molecule has 0 atom stereocenters. The van der Waals surface area contributed by atoms with Crippen LogP contribution < -0.4 is 0 Å². The lowest BCUT2D eigenvalue weighted by Crippen LogP contribution is -2.08. The summed E-state index contributed by atoms with van der Waals surface area (Å²) in [6, 6.07) is 1.61. The van der Waals surface area contributed by atoms with E-state index in [0.717, 1.165) is 0 Å². The lowest BCUT2D eigenvalue weighted by molar-refractivity contribution is -0.757. The Morgan fingerprint density at radius 1 is 1.54 bits per heavy atom. The molecule has 7 heteroatoms. The Kier molecular flexibility index (Phi) is 5.88. The molecular formula is C6H8N2O5. The highest BCUT2D eigenvalue weighted by atomic mass is 16.9. The second-order valence-electron chi connectivity index (χ2n) is 1.97. The second kappa shape index (κ2) is 6.84. The largest absolute Gasteiger partial charge is 0.465 e. The van der Waals surface area contributed by atoms with Gasteiger partial charge in [0.1, 0.15) is 6.42 Å². The molecule has 0 aromatic carbocycles. The lowest BCUT2D eigenvalue weighted by Gasteiger charge is -2.00. The molecule has 0 saturated carbocycles. The zero-order valence-corrected chi connectivity index (χ0v) is 6.76. The van der Waals surface area contributed by atoms with Gasteiger partial charge in [-0.05, 0) is 0 Å². The fourth-order valence-corrected chi connectivity index (χ4v) is 0.500. The van der Waals surface area contributed by atoms with Crippen molar-refractivity contribution in [2.45, 2.75) is 12.8 Å². The third-order valence-corrected chi connectivity index (χ3v) is 0.972. The Morgan fingerprint density at radius 2 is 2.23 bits per heavy atom. The predicted octanol–water partition coefficient (Wildman–Crippen LogP) is 0.0417. The molecule has 7 nitrogen and oxygen atoms in total. The summed E-state index contributed by atoms with van der Waals surface area (Å²) in [7, 11) is 0. The summed E-state index contributed by atoms with van der Waals surface area (Å²) in [6.07, 6.45) is -0.0752. The van der Waals surface area contributed by atoms with E-state index in [-0.39, 0.29) is 26.1 Å². The van der Waals surface area contributed by atoms with E-state index < -0.39 is 11.1 Å². The van der Waals surface area contributed by atoms with Gasteiger partial charge in [0.2, 0.25) is 0 Å². The van der Waals surface area contributed by atoms with E-state index in [0.29, 0.717) is 0 Å². The Balaban J connectivity index is 3.22. The van der Waals surface area contributed by atoms with Crippen molar-refractivity contribution in [2.24, 2.45) is 0 Å². The van der Waals surface area contributed by atoms with Crippen molar-refractivity contribution in [3.8, 4) is 6.07 Å². The van der Waals surface area contributed by atoms with Gasteiger partial charge in [0.15, 0.2) is 0 Å². The van der Waals surface area contributed by atoms with Crippen LogP contribution in [0.1, 0.15) is 12.8 Å². The smallest absolute Gasteiger partial charge is 0.320 e. The summed E-state index contributed by atoms with van der Waals surface area (Å²) < 4.78 is 4.50. The van der Waals surface area contributed by atoms with Crippen LogP contribution in [-0.2, 0) is 14.4 Å². The first-order chi connectivity index (χ1) is 6.16. The summed E-state index contributed by atoms with van der Waals surface area (Å²) >= 11 is 0. The number of ether oxygens (including phenoxy) is 1. The van der Waals surface area contributed by atoms with E-state index in [1.165, 1.54) is 0 Å². The predicted molar refractivity (Wildman–Crippen MR) is 38.8 cm³/mol. The van der Waals surface area contributed by atoms with Crippen molar-refractivity contribution < 1.29 is 19.5 Å². The average Bonchev–Trinajstić information content (AvgIpc) is 2.03. The normalized spacial score (nSPS) is 8.54. The van der Waals surface area contributed by atoms with Gasteiger partial charge in [-0.1, -0.05) is 0 Å². The number of carbonyl (C=O) groups excluding carboxylic acids is 1. The SMILES string of the molecule is N#CCC(=O)OCCCO[N+](=O)[O-]. The number of nitriles is 1. The molecule has 13 heavy (non-hydrogen) atoms. The van der Waals surface area contributed by atoms with E-state index in [2.05, 4.69) is 9.57 Å². The molecule has 0 radical (unpaired) electrons. The summed E-state index contributed by atoms with van der Waals surface area (Å²) in [4.78, 5) is 24.1. The van der Waals surface area contributed by atoms with Crippen LogP contribution in [-0.4, -0.2) is 24.3 Å². The van der Waals surface area contributed by atoms with Crippen molar-refractivity contribution in [1.82, 2.24) is 0 Å². The summed E-state index contributed by atoms with van der Waals surface area (Å²) in [6.45, 7) is -0.0960. The van der Waals surface area contributed by atoms with Crippen molar-refractivity contribution in [2.75, 3.05) is 13.2 Å². The molecule has 0 bridgehead atoms. The zero-order valence-electron chi connectivity index (χ0n) is 6.76. The minimum absolute atomic E-state index is 0.0222. The molecule has 0 amide bonds. The number of hydrogen-bond acceptors (Lipinski definition) is 6. The van der Waals surface area contributed by atoms with Gasteiger partial charge in [-0.15, -0.1) is 10.1 Å². The fourth-order valence-electron chi connectivity index (χ4n) is 0.500. The molecule has 0 aliphatic heterocycles. The van der Waals surface area contributed by atoms with Crippen LogP contribution >= 0.6 is 0 Å². The van der Waals surface area contributed by atoms with Gasteiger partial charge in [0, 0.05) is 6.42 Å². The molecule has 0 saturated heterocycles. The van der Waals surface area contributed by atoms with Gasteiger partial charge in [0.05, 0.1) is 19.3 Å². The molecule has 0 aliphatic rings. The van der Waals surface area contributed by atoms with Crippen LogP contribution in [0.4, 0.5) is 0 Å². The van der Waals surface area contributed by atoms with Gasteiger partial charge in [0.25, 0.3) is 5.09 Å². The monoisotopic (exact) mass is 188 g/mol. The molecule has 0 aliphatic carbocycles. The number of nitrogens with zero attached hydrogens (tertiary/aromatic N) is 2. The van der Waals surface area contributed by atoms with Gasteiger partial charge in [-0.2, -0.15) is 5.26 Å². The maximum atomic E-state index is 10.5. The Hall–Kier alpha value is -1.84. The van der Waals surface area contributed by atoms with Crippen LogP contribution in [0.25, 0.3) is 0 Å². The molecule has 0 rings (SSSR count). The first-order valence-corrected chi connectivity index (χ1v) is 3.46. The number of hydrogen-bond donors (Lipinski definition) is 0. The van der Waals surface area contributed by atoms with E-state index in [9.17, 15) is 14.9 Å². The van der Waals surface area contributed by atoms with Crippen LogP contribution in [0.3, 0.4) is 0 Å². The zero-order chi connectivity index (χ0) is 10.1. The quantitative estimate of drug-likeness (QED) is 0.252. The maximum Gasteiger partial charge on any atom is 0.320 e. The van der Waals surface area contributed by atoms with Crippen LogP contribution in [0.5, 0.6) is 0 Å². The van der Waals surface area contributed by atoms with Crippen LogP contribution in [0.15, 0.2) is 0 Å². The van der Waals surface area contributed by atoms with E-state index >= 15 is 0 Å². The van der Waals surface area contributed by atoms with Crippen LogP contribution in [0, 0.1) is 21.4 Å². The first kappa shape index (κ1) is 11.2. The second-order valence-corrected chi connectivity index (χ2v) is 1.97. The molecule has 0 unspecified atom stereocenters. The minimum Gasteiger partial charge on any atom is -0.465 e. The van der Waals surface area contributed by atoms with E-state index in [1.54, 1.807) is 6.07 Å². The highest BCUT2D eigenvalue weighted by molar-refractivity contribution is 5.71. The molecule has 0 spiro atoms. The molecule has 0 aromatic heterocycles. The highest BCUT2D eigenvalue weighted by Crippen LogP contribution is 1.88. The summed E-state index contributed by atoms with van der Waals surface area (Å²) in [5, 5.41) is 16.8. The van der Waals surface area contributed by atoms with Crippen molar-refractivity contribution >= 4 is 5.97 Å². The van der Waals surface area contributed by atoms with Crippen LogP contribution in [0.2, 0.25) is 0 Å². The van der Waals surface area contributed by atoms with Gasteiger partial charge in [-0.3, -0.25) is 4.79 Å².